The van der Waals surface area contributed by atoms with Crippen LogP contribution in [0.25, 0.3) is 10.2 Å². The van der Waals surface area contributed by atoms with Crippen molar-refractivity contribution in [3.05, 3.63) is 39.5 Å². The van der Waals surface area contributed by atoms with Gasteiger partial charge in [0, 0.05) is 31.9 Å². The molecule has 4 unspecified atom stereocenters. The number of thiophene rings is 1. The fourth-order valence-electron chi connectivity index (χ4n) is 5.20. The van der Waals surface area contributed by atoms with Gasteiger partial charge in [-0.1, -0.05) is 0 Å². The lowest BCUT2D eigenvalue weighted by Crippen LogP contribution is -2.39. The summed E-state index contributed by atoms with van der Waals surface area (Å²) in [5.41, 5.74) is 15.4. The Morgan fingerprint density at radius 3 is 2.87 bits per heavy atom. The first kappa shape index (κ1) is 26.7. The minimum atomic E-state index is -0.396. The number of nitrogens with zero attached hydrogens (tertiary/aromatic N) is 4. The number of methoxy groups -OCH3 is 1. The lowest BCUT2D eigenvalue weighted by atomic mass is 9.91. The predicted molar refractivity (Wildman–Crippen MR) is 145 cm³/mol. The number of amides is 1. The molecule has 0 radical (unpaired) electrons. The molecule has 0 saturated carbocycles. The zero-order valence-corrected chi connectivity index (χ0v) is 22.9. The van der Waals surface area contributed by atoms with Crippen LogP contribution >= 0.6 is 11.3 Å². The van der Waals surface area contributed by atoms with Gasteiger partial charge in [-0.05, 0) is 51.7 Å². The third-order valence-corrected chi connectivity index (χ3v) is 8.40. The number of ether oxygens (including phenoxy) is 2. The third kappa shape index (κ3) is 5.18. The fraction of sp³-hybridized carbons (Fsp3) is 0.538. The summed E-state index contributed by atoms with van der Waals surface area (Å²) >= 11 is 1.27. The summed E-state index contributed by atoms with van der Waals surface area (Å²) in [6.07, 6.45) is 1.56. The van der Waals surface area contributed by atoms with Gasteiger partial charge in [0.15, 0.2) is 11.6 Å². The van der Waals surface area contributed by atoms with Crippen molar-refractivity contribution in [1.29, 1.82) is 0 Å². The average molecular weight is 544 g/mol. The molecular formula is C26H34FN7O3S. The lowest BCUT2D eigenvalue weighted by Gasteiger charge is -2.27. The van der Waals surface area contributed by atoms with E-state index in [1.807, 2.05) is 25.7 Å². The number of halogens is 1. The van der Waals surface area contributed by atoms with Crippen LogP contribution in [0.2, 0.25) is 0 Å². The molecule has 5 rings (SSSR count). The van der Waals surface area contributed by atoms with Crippen LogP contribution in [0.15, 0.2) is 6.07 Å². The van der Waals surface area contributed by atoms with Crippen LogP contribution in [-0.4, -0.2) is 72.0 Å². The first-order valence-corrected chi connectivity index (χ1v) is 13.6. The van der Waals surface area contributed by atoms with Gasteiger partial charge in [-0.2, -0.15) is 0 Å². The van der Waals surface area contributed by atoms with E-state index in [-0.39, 0.29) is 30.2 Å². The summed E-state index contributed by atoms with van der Waals surface area (Å²) in [7, 11) is 1.63. The molecule has 0 bridgehead atoms. The summed E-state index contributed by atoms with van der Waals surface area (Å²) < 4.78 is 26.4. The van der Waals surface area contributed by atoms with Gasteiger partial charge in [-0.15, -0.1) is 11.3 Å². The molecule has 5 N–H and O–H groups in total. The Hall–Kier alpha value is -2.93. The molecule has 1 fully saturated rings. The zero-order chi connectivity index (χ0) is 27.1. The molecule has 1 saturated heterocycles. The summed E-state index contributed by atoms with van der Waals surface area (Å²) in [5.74, 6) is 0.297. The van der Waals surface area contributed by atoms with Gasteiger partial charge in [-0.3, -0.25) is 4.79 Å². The van der Waals surface area contributed by atoms with Crippen molar-refractivity contribution < 1.29 is 18.7 Å². The maximum Gasteiger partial charge on any atom is 0.263 e. The number of carbonyl (C=O) groups is 1. The molecule has 10 nitrogen and oxygen atoms in total. The smallest absolute Gasteiger partial charge is 0.263 e. The molecule has 4 atom stereocenters. The second-order valence-corrected chi connectivity index (χ2v) is 11.2. The van der Waals surface area contributed by atoms with E-state index in [0.717, 1.165) is 22.3 Å². The number of fused-ring (bicyclic) bond motifs is 2. The van der Waals surface area contributed by atoms with Crippen molar-refractivity contribution in [1.82, 2.24) is 20.3 Å². The van der Waals surface area contributed by atoms with Gasteiger partial charge in [0.2, 0.25) is 0 Å². The standard InChI is InChI=1S/C26H34FN7O3S/c1-12(36-4)11-37-20-10-34(9-18(20)28)24-17(27)8-15-7-16(5-6-19(15)33-24)32-25(35)23-22(29)21-13(2)30-14(3)31-26(21)38-23/h8,12,16,18,20H,5-7,9-11,28-29H2,1-4H3,(H,32,35). The van der Waals surface area contributed by atoms with Crippen molar-refractivity contribution in [2.45, 2.75) is 64.3 Å². The molecule has 204 valence electrons. The number of hydrogen-bond donors (Lipinski definition) is 3. The lowest BCUT2D eigenvalue weighted by molar-refractivity contribution is -0.0166. The highest BCUT2D eigenvalue weighted by molar-refractivity contribution is 7.21. The Morgan fingerprint density at radius 1 is 1.32 bits per heavy atom. The normalized spacial score (nSPS) is 22.1. The number of pyridine rings is 1. The molecule has 38 heavy (non-hydrogen) atoms. The predicted octanol–water partition coefficient (Wildman–Crippen LogP) is 2.28. The third-order valence-electron chi connectivity index (χ3n) is 7.30. The minimum absolute atomic E-state index is 0.0411. The largest absolute Gasteiger partial charge is 0.397 e. The van der Waals surface area contributed by atoms with Crippen LogP contribution in [0.3, 0.4) is 0 Å². The van der Waals surface area contributed by atoms with Crippen LogP contribution in [0.1, 0.15) is 45.8 Å². The first-order chi connectivity index (χ1) is 18.1. The first-order valence-electron chi connectivity index (χ1n) is 12.8. The van der Waals surface area contributed by atoms with Gasteiger partial charge >= 0.3 is 0 Å². The second-order valence-electron chi connectivity index (χ2n) is 10.2. The molecule has 3 aromatic rings. The number of nitrogens with one attached hydrogen (secondary N) is 1. The van der Waals surface area contributed by atoms with E-state index in [1.54, 1.807) is 7.11 Å². The number of anilines is 2. The Kier molecular flexibility index (Phi) is 7.49. The van der Waals surface area contributed by atoms with Gasteiger partial charge in [-0.25, -0.2) is 19.3 Å². The van der Waals surface area contributed by atoms with Gasteiger partial charge in [0.25, 0.3) is 5.91 Å². The number of aryl methyl sites for hydroxylation is 3. The number of carbonyl (C=O) groups excluding carboxylic acids is 1. The van der Waals surface area contributed by atoms with Crippen molar-refractivity contribution in [2.24, 2.45) is 5.73 Å². The van der Waals surface area contributed by atoms with E-state index < -0.39 is 5.82 Å². The van der Waals surface area contributed by atoms with E-state index in [1.165, 1.54) is 17.4 Å². The van der Waals surface area contributed by atoms with E-state index in [0.29, 0.717) is 66.0 Å². The highest BCUT2D eigenvalue weighted by Crippen LogP contribution is 2.34. The van der Waals surface area contributed by atoms with Gasteiger partial charge in [0.05, 0.1) is 41.6 Å². The Bertz CT molecular complexity index is 1370. The maximum absolute atomic E-state index is 15.2. The molecule has 12 heteroatoms. The van der Waals surface area contributed by atoms with Gasteiger partial charge in [0.1, 0.15) is 15.5 Å². The number of aromatic nitrogens is 3. The fourth-order valence-corrected chi connectivity index (χ4v) is 6.29. The van der Waals surface area contributed by atoms with E-state index in [9.17, 15) is 4.79 Å². The molecule has 1 amide bonds. The summed E-state index contributed by atoms with van der Waals surface area (Å²) in [5, 5.41) is 3.80. The summed E-state index contributed by atoms with van der Waals surface area (Å²) in [6, 6.07) is 1.15. The molecule has 2 aliphatic rings. The second kappa shape index (κ2) is 10.7. The summed E-state index contributed by atoms with van der Waals surface area (Å²) in [4.78, 5) is 29.6. The molecule has 3 aromatic heterocycles. The molecule has 1 aliphatic carbocycles. The topological polar surface area (TPSA) is 142 Å². The van der Waals surface area contributed by atoms with Crippen molar-refractivity contribution in [3.63, 3.8) is 0 Å². The molecule has 0 aromatic carbocycles. The Morgan fingerprint density at radius 2 is 2.11 bits per heavy atom. The average Bonchev–Trinajstić information content (AvgIpc) is 3.41. The molecule has 0 spiro atoms. The van der Waals surface area contributed by atoms with Crippen molar-refractivity contribution in [2.75, 3.05) is 37.4 Å². The van der Waals surface area contributed by atoms with Crippen LogP contribution in [0.4, 0.5) is 15.9 Å². The molecular weight excluding hydrogens is 509 g/mol. The van der Waals surface area contributed by atoms with Crippen molar-refractivity contribution >= 4 is 39.0 Å². The Balaban J connectivity index is 1.26. The Labute approximate surface area is 224 Å². The number of nitrogens with two attached hydrogens (primary N) is 2. The quantitative estimate of drug-likeness (QED) is 0.409. The SMILES string of the molecule is COC(C)COC1CN(c2nc3c(cc2F)CC(NC(=O)c2sc4nc(C)nc(C)c4c2N)CC3)CC1N. The van der Waals surface area contributed by atoms with E-state index in [4.69, 9.17) is 20.9 Å². The van der Waals surface area contributed by atoms with Crippen molar-refractivity contribution in [3.8, 4) is 0 Å². The van der Waals surface area contributed by atoms with Crippen LogP contribution in [0, 0.1) is 19.7 Å². The minimum Gasteiger partial charge on any atom is -0.397 e. The van der Waals surface area contributed by atoms with E-state index in [2.05, 4.69) is 20.3 Å². The molecule has 4 heterocycles. The van der Waals surface area contributed by atoms with Crippen LogP contribution < -0.4 is 21.7 Å². The number of nitrogen functional groups attached to an aromatic ring is 1. The maximum atomic E-state index is 15.2. The van der Waals surface area contributed by atoms with Gasteiger partial charge < -0.3 is 31.2 Å². The van der Waals surface area contributed by atoms with Crippen LogP contribution in [0.5, 0.6) is 0 Å². The molecule has 1 aliphatic heterocycles. The highest BCUT2D eigenvalue weighted by Gasteiger charge is 2.34. The highest BCUT2D eigenvalue weighted by atomic mass is 32.1. The van der Waals surface area contributed by atoms with E-state index >= 15 is 4.39 Å². The van der Waals surface area contributed by atoms with Crippen LogP contribution in [-0.2, 0) is 22.3 Å². The summed E-state index contributed by atoms with van der Waals surface area (Å²) in [6.45, 7) is 6.96. The number of hydrogen-bond acceptors (Lipinski definition) is 10. The number of rotatable bonds is 7. The zero-order valence-electron chi connectivity index (χ0n) is 22.1. The monoisotopic (exact) mass is 543 g/mol.